The molecule has 4 atom stereocenters. The van der Waals surface area contributed by atoms with Crippen LogP contribution in [0, 0.1) is 12.8 Å². The number of benzene rings is 1. The van der Waals surface area contributed by atoms with Gasteiger partial charge in [0.1, 0.15) is 5.60 Å². The van der Waals surface area contributed by atoms with E-state index in [4.69, 9.17) is 4.74 Å². The molecule has 3 rings (SSSR count). The van der Waals surface area contributed by atoms with Gasteiger partial charge in [0.2, 0.25) is 0 Å². The Balaban J connectivity index is 1.98. The SMILES string of the molecule is Cc1ccc(S(=O)(=O)[C@H]2[C@H](CCO)[C@H]3C=C[C@@H]2N3C(=O)OC(C)(C)C)cc1. The lowest BCUT2D eigenvalue weighted by Crippen LogP contribution is -2.43. The van der Waals surface area contributed by atoms with E-state index in [1.54, 1.807) is 51.1 Å². The standard InChI is InChI=1S/C20H27NO5S/c1-13-5-7-14(8-6-13)27(24,25)18-15(11-12-22)16-9-10-17(18)21(16)19(23)26-20(2,3)4/h5-10,15-18,22H,11-12H2,1-4H3/t15-,16-,17+,18+/m1/s1. The Hall–Kier alpha value is -1.86. The third-order valence-electron chi connectivity index (χ3n) is 5.12. The second-order valence-electron chi connectivity index (χ2n) is 8.25. The summed E-state index contributed by atoms with van der Waals surface area (Å²) in [7, 11) is -3.68. The summed E-state index contributed by atoms with van der Waals surface area (Å²) >= 11 is 0. The van der Waals surface area contributed by atoms with Crippen LogP contribution in [0.5, 0.6) is 0 Å². The van der Waals surface area contributed by atoms with Crippen molar-refractivity contribution in [1.29, 1.82) is 0 Å². The van der Waals surface area contributed by atoms with Gasteiger partial charge in [-0.05, 0) is 46.2 Å². The number of sulfone groups is 1. The van der Waals surface area contributed by atoms with Crippen molar-refractivity contribution >= 4 is 15.9 Å². The van der Waals surface area contributed by atoms with Crippen molar-refractivity contribution in [3.8, 4) is 0 Å². The molecule has 0 radical (unpaired) electrons. The Morgan fingerprint density at radius 1 is 1.15 bits per heavy atom. The van der Waals surface area contributed by atoms with Crippen LogP contribution in [0.3, 0.4) is 0 Å². The molecule has 1 amide bonds. The summed E-state index contributed by atoms with van der Waals surface area (Å²) in [5.74, 6) is -0.371. The molecule has 2 aliphatic heterocycles. The second kappa shape index (κ2) is 6.95. The molecule has 0 aromatic heterocycles. The Kier molecular flexibility index (Phi) is 5.12. The largest absolute Gasteiger partial charge is 0.444 e. The zero-order valence-electron chi connectivity index (χ0n) is 16.1. The Bertz CT molecular complexity index is 838. The lowest BCUT2D eigenvalue weighted by atomic mass is 9.91. The zero-order valence-corrected chi connectivity index (χ0v) is 16.9. The molecule has 0 spiro atoms. The number of ether oxygens (including phenoxy) is 1. The Morgan fingerprint density at radius 2 is 1.74 bits per heavy atom. The minimum absolute atomic E-state index is 0.135. The number of aliphatic hydroxyl groups excluding tert-OH is 1. The molecule has 2 bridgehead atoms. The van der Waals surface area contributed by atoms with Gasteiger partial charge in [0.15, 0.2) is 9.84 Å². The molecule has 1 N–H and O–H groups in total. The van der Waals surface area contributed by atoms with Gasteiger partial charge in [0.05, 0.1) is 22.2 Å². The molecule has 27 heavy (non-hydrogen) atoms. The number of hydrogen-bond donors (Lipinski definition) is 1. The quantitative estimate of drug-likeness (QED) is 0.795. The van der Waals surface area contributed by atoms with Crippen LogP contribution >= 0.6 is 0 Å². The van der Waals surface area contributed by atoms with Gasteiger partial charge in [-0.15, -0.1) is 0 Å². The molecule has 0 unspecified atom stereocenters. The highest BCUT2D eigenvalue weighted by atomic mass is 32.2. The lowest BCUT2D eigenvalue weighted by molar-refractivity contribution is 0.0219. The van der Waals surface area contributed by atoms with E-state index in [-0.39, 0.29) is 23.5 Å². The van der Waals surface area contributed by atoms with E-state index in [0.717, 1.165) is 5.56 Å². The molecule has 0 aliphatic carbocycles. The van der Waals surface area contributed by atoms with Crippen molar-refractivity contribution < 1.29 is 23.1 Å². The third-order valence-corrected chi connectivity index (χ3v) is 7.39. The minimum atomic E-state index is -3.68. The highest BCUT2D eigenvalue weighted by molar-refractivity contribution is 7.92. The summed E-state index contributed by atoms with van der Waals surface area (Å²) in [5, 5.41) is 8.71. The van der Waals surface area contributed by atoms with Crippen molar-refractivity contribution in [2.75, 3.05) is 6.61 Å². The molecule has 1 aromatic carbocycles. The van der Waals surface area contributed by atoms with Gasteiger partial charge in [-0.3, -0.25) is 4.90 Å². The van der Waals surface area contributed by atoms with E-state index >= 15 is 0 Å². The lowest BCUT2D eigenvalue weighted by Gasteiger charge is -2.28. The second-order valence-corrected chi connectivity index (χ2v) is 10.4. The van der Waals surface area contributed by atoms with E-state index in [2.05, 4.69) is 0 Å². The van der Waals surface area contributed by atoms with Crippen molar-refractivity contribution in [1.82, 2.24) is 4.90 Å². The maximum Gasteiger partial charge on any atom is 0.411 e. The molecular formula is C20H27NO5S. The van der Waals surface area contributed by atoms with E-state index in [1.165, 1.54) is 4.90 Å². The van der Waals surface area contributed by atoms with Gasteiger partial charge in [-0.25, -0.2) is 13.2 Å². The Morgan fingerprint density at radius 3 is 2.30 bits per heavy atom. The number of aliphatic hydroxyl groups is 1. The molecule has 1 saturated heterocycles. The fraction of sp³-hybridized carbons (Fsp3) is 0.550. The van der Waals surface area contributed by atoms with Gasteiger partial charge in [0.25, 0.3) is 0 Å². The normalized spacial score (nSPS) is 27.2. The summed E-state index contributed by atoms with van der Waals surface area (Å²) in [6.07, 6.45) is 3.42. The molecule has 1 aromatic rings. The maximum atomic E-state index is 13.4. The van der Waals surface area contributed by atoms with E-state index in [9.17, 15) is 18.3 Å². The van der Waals surface area contributed by atoms with Crippen LogP contribution in [-0.2, 0) is 14.6 Å². The van der Waals surface area contributed by atoms with Crippen LogP contribution in [-0.4, -0.2) is 54.1 Å². The van der Waals surface area contributed by atoms with Crippen molar-refractivity contribution in [3.05, 3.63) is 42.0 Å². The first-order valence-corrected chi connectivity index (χ1v) is 10.7. The summed E-state index contributed by atoms with van der Waals surface area (Å²) in [4.78, 5) is 14.5. The third kappa shape index (κ3) is 3.62. The average molecular weight is 394 g/mol. The molecule has 7 heteroatoms. The van der Waals surface area contributed by atoms with Crippen LogP contribution in [0.4, 0.5) is 4.79 Å². The van der Waals surface area contributed by atoms with Gasteiger partial charge in [-0.2, -0.15) is 0 Å². The predicted molar refractivity (Wildman–Crippen MR) is 102 cm³/mol. The van der Waals surface area contributed by atoms with E-state index in [1.807, 2.05) is 13.0 Å². The molecule has 2 heterocycles. The summed E-state index contributed by atoms with van der Waals surface area (Å²) in [6.45, 7) is 7.10. The average Bonchev–Trinajstić information content (AvgIpc) is 3.10. The monoisotopic (exact) mass is 393 g/mol. The number of carbonyl (C=O) groups excluding carboxylic acids is 1. The maximum absolute atomic E-state index is 13.4. The van der Waals surface area contributed by atoms with E-state index < -0.39 is 32.8 Å². The predicted octanol–water partition coefficient (Wildman–Crippen LogP) is 2.69. The number of hydrogen-bond acceptors (Lipinski definition) is 5. The van der Waals surface area contributed by atoms with Crippen LogP contribution < -0.4 is 0 Å². The summed E-state index contributed by atoms with van der Waals surface area (Å²) < 4.78 is 32.3. The highest BCUT2D eigenvalue weighted by Gasteiger charge is 2.57. The fourth-order valence-corrected chi connectivity index (χ4v) is 6.19. The first-order chi connectivity index (χ1) is 12.6. The molecule has 2 aliphatic rings. The topological polar surface area (TPSA) is 83.9 Å². The summed E-state index contributed by atoms with van der Waals surface area (Å²) in [5.41, 5.74) is 0.306. The molecule has 6 nitrogen and oxygen atoms in total. The van der Waals surface area contributed by atoms with Crippen molar-refractivity contribution in [2.24, 2.45) is 5.92 Å². The molecular weight excluding hydrogens is 366 g/mol. The highest BCUT2D eigenvalue weighted by Crippen LogP contribution is 2.44. The molecule has 148 valence electrons. The van der Waals surface area contributed by atoms with E-state index in [0.29, 0.717) is 6.42 Å². The van der Waals surface area contributed by atoms with Gasteiger partial charge in [0, 0.05) is 12.5 Å². The number of fused-ring (bicyclic) bond motifs is 2. The van der Waals surface area contributed by atoms with Gasteiger partial charge >= 0.3 is 6.09 Å². The van der Waals surface area contributed by atoms with Crippen LogP contribution in [0.15, 0.2) is 41.3 Å². The van der Waals surface area contributed by atoms with Crippen molar-refractivity contribution in [2.45, 2.75) is 61.9 Å². The number of carbonyl (C=O) groups is 1. The first kappa shape index (κ1) is 19.9. The van der Waals surface area contributed by atoms with Crippen LogP contribution in [0.1, 0.15) is 32.8 Å². The number of aryl methyl sites for hydroxylation is 1. The number of nitrogens with zero attached hydrogens (tertiary/aromatic N) is 1. The van der Waals surface area contributed by atoms with Gasteiger partial charge < -0.3 is 9.84 Å². The number of amides is 1. The summed E-state index contributed by atoms with van der Waals surface area (Å²) in [6, 6.07) is 5.77. The zero-order chi connectivity index (χ0) is 20.0. The smallest absolute Gasteiger partial charge is 0.411 e. The van der Waals surface area contributed by atoms with Crippen LogP contribution in [0.2, 0.25) is 0 Å². The van der Waals surface area contributed by atoms with Crippen molar-refractivity contribution in [3.63, 3.8) is 0 Å². The fourth-order valence-electron chi connectivity index (χ4n) is 4.02. The Labute approximate surface area is 160 Å². The first-order valence-electron chi connectivity index (χ1n) is 9.17. The van der Waals surface area contributed by atoms with Crippen LogP contribution in [0.25, 0.3) is 0 Å². The van der Waals surface area contributed by atoms with Gasteiger partial charge in [-0.1, -0.05) is 29.8 Å². The number of rotatable bonds is 4. The minimum Gasteiger partial charge on any atom is -0.444 e. The molecule has 1 fully saturated rings. The molecule has 0 saturated carbocycles.